The first-order chi connectivity index (χ1) is 10.0. The molecule has 0 fully saturated rings. The number of aliphatic hydroxyl groups is 1. The number of hydrogen-bond acceptors (Lipinski definition) is 5. The van der Waals surface area contributed by atoms with Crippen molar-refractivity contribution in [2.75, 3.05) is 6.61 Å². The molecule has 1 unspecified atom stereocenters. The van der Waals surface area contributed by atoms with Gasteiger partial charge in [0.2, 0.25) is 0 Å². The fourth-order valence-electron chi connectivity index (χ4n) is 2.10. The summed E-state index contributed by atoms with van der Waals surface area (Å²) >= 11 is 0. The first-order valence-corrected chi connectivity index (χ1v) is 7.58. The van der Waals surface area contributed by atoms with Crippen molar-refractivity contribution in [3.05, 3.63) is 17.8 Å². The lowest BCUT2D eigenvalue weighted by Crippen LogP contribution is -2.53. The normalized spacial score (nSPS) is 14.0. The molecule has 0 aliphatic heterocycles. The largest absolute Gasteiger partial charge is 0.480 e. The third kappa shape index (κ3) is 5.85. The first-order valence-electron chi connectivity index (χ1n) is 7.58. The summed E-state index contributed by atoms with van der Waals surface area (Å²) in [6.07, 6.45) is 9.47. The molecular weight excluding hydrogens is 272 g/mol. The molecule has 0 spiro atoms. The monoisotopic (exact) mass is 298 g/mol. The first kappa shape index (κ1) is 17.7. The molecule has 120 valence electrons. The highest BCUT2D eigenvalue weighted by molar-refractivity contribution is 5.78. The number of aromatic nitrogens is 1. The van der Waals surface area contributed by atoms with Crippen molar-refractivity contribution in [3.8, 4) is 0 Å². The zero-order valence-corrected chi connectivity index (χ0v) is 12.7. The minimum atomic E-state index is -1.73. The molecule has 1 heterocycles. The van der Waals surface area contributed by atoms with E-state index < -0.39 is 18.1 Å². The van der Waals surface area contributed by atoms with Crippen LogP contribution in [0, 0.1) is 0 Å². The maximum Gasteiger partial charge on any atom is 0.326 e. The summed E-state index contributed by atoms with van der Waals surface area (Å²) in [4.78, 5) is 15.2. The Morgan fingerprint density at radius 1 is 1.33 bits per heavy atom. The second-order valence-electron chi connectivity index (χ2n) is 5.55. The fraction of sp³-hybridized carbons (Fsp3) is 0.733. The molecule has 0 bridgehead atoms. The van der Waals surface area contributed by atoms with Crippen LogP contribution in [-0.4, -0.2) is 33.3 Å². The highest BCUT2D eigenvalue weighted by Crippen LogP contribution is 2.14. The lowest BCUT2D eigenvalue weighted by Gasteiger charge is -2.19. The van der Waals surface area contributed by atoms with Crippen LogP contribution in [-0.2, 0) is 17.6 Å². The minimum Gasteiger partial charge on any atom is -0.480 e. The van der Waals surface area contributed by atoms with E-state index in [0.717, 1.165) is 25.0 Å². The van der Waals surface area contributed by atoms with E-state index >= 15 is 0 Å². The summed E-state index contributed by atoms with van der Waals surface area (Å²) in [5.74, 6) is -1.00. The van der Waals surface area contributed by atoms with Crippen LogP contribution in [0.5, 0.6) is 0 Å². The Morgan fingerprint density at radius 3 is 2.62 bits per heavy atom. The summed E-state index contributed by atoms with van der Waals surface area (Å²) in [7, 11) is 0. The number of aliphatic hydroxyl groups excluding tert-OH is 1. The van der Waals surface area contributed by atoms with Crippen LogP contribution in [0.25, 0.3) is 0 Å². The summed E-state index contributed by atoms with van der Waals surface area (Å²) < 4.78 is 5.24. The number of aryl methyl sites for hydroxylation is 1. The SMILES string of the molecule is CCCCCCCCc1coc(CC(N)(CO)C(=O)O)n1. The Labute approximate surface area is 125 Å². The maximum atomic E-state index is 11.0. The minimum absolute atomic E-state index is 0.116. The number of unbranched alkanes of at least 4 members (excludes halogenated alkanes) is 5. The van der Waals surface area contributed by atoms with Crippen molar-refractivity contribution in [1.82, 2.24) is 4.98 Å². The average Bonchev–Trinajstić information content (AvgIpc) is 2.89. The maximum absolute atomic E-state index is 11.0. The van der Waals surface area contributed by atoms with E-state index in [9.17, 15) is 4.79 Å². The molecule has 1 aromatic heterocycles. The second kappa shape index (κ2) is 8.79. The number of carbonyl (C=O) groups is 1. The highest BCUT2D eigenvalue weighted by Gasteiger charge is 2.35. The number of carboxylic acids is 1. The molecule has 4 N–H and O–H groups in total. The van der Waals surface area contributed by atoms with Crippen LogP contribution in [0.1, 0.15) is 57.0 Å². The summed E-state index contributed by atoms with van der Waals surface area (Å²) in [5.41, 5.74) is 4.68. The number of carboxylic acid groups (broad SMARTS) is 1. The summed E-state index contributed by atoms with van der Waals surface area (Å²) in [6, 6.07) is 0. The quantitative estimate of drug-likeness (QED) is 0.538. The highest BCUT2D eigenvalue weighted by atomic mass is 16.4. The molecule has 1 rings (SSSR count). The van der Waals surface area contributed by atoms with Crippen molar-refractivity contribution in [2.24, 2.45) is 5.73 Å². The smallest absolute Gasteiger partial charge is 0.326 e. The molecule has 0 saturated heterocycles. The molecule has 1 aromatic rings. The number of hydrogen-bond donors (Lipinski definition) is 3. The molecule has 6 nitrogen and oxygen atoms in total. The van der Waals surface area contributed by atoms with Gasteiger partial charge in [-0.1, -0.05) is 39.0 Å². The molecule has 0 amide bonds. The molecular formula is C15H26N2O4. The van der Waals surface area contributed by atoms with Crippen molar-refractivity contribution >= 4 is 5.97 Å². The Kier molecular flexibility index (Phi) is 7.39. The predicted octanol–water partition coefficient (Wildman–Crippen LogP) is 1.89. The molecule has 1 atom stereocenters. The van der Waals surface area contributed by atoms with E-state index in [1.54, 1.807) is 6.26 Å². The van der Waals surface area contributed by atoms with Crippen molar-refractivity contribution < 1.29 is 19.4 Å². The van der Waals surface area contributed by atoms with Gasteiger partial charge in [-0.15, -0.1) is 0 Å². The molecule has 21 heavy (non-hydrogen) atoms. The third-order valence-electron chi connectivity index (χ3n) is 3.56. The molecule has 0 aromatic carbocycles. The van der Waals surface area contributed by atoms with Gasteiger partial charge in [-0.25, -0.2) is 4.98 Å². The molecule has 0 aliphatic rings. The Morgan fingerprint density at radius 2 is 2.00 bits per heavy atom. The second-order valence-corrected chi connectivity index (χ2v) is 5.55. The van der Waals surface area contributed by atoms with E-state index in [1.807, 2.05) is 0 Å². The van der Waals surface area contributed by atoms with Gasteiger partial charge in [0.25, 0.3) is 0 Å². The van der Waals surface area contributed by atoms with Crippen LogP contribution < -0.4 is 5.73 Å². The topological polar surface area (TPSA) is 110 Å². The Balaban J connectivity index is 2.38. The van der Waals surface area contributed by atoms with E-state index in [1.165, 1.54) is 25.7 Å². The number of nitrogens with zero attached hydrogens (tertiary/aromatic N) is 1. The van der Waals surface area contributed by atoms with Gasteiger partial charge in [-0.3, -0.25) is 4.79 Å². The van der Waals surface area contributed by atoms with Gasteiger partial charge in [0.1, 0.15) is 11.8 Å². The summed E-state index contributed by atoms with van der Waals surface area (Å²) in [6.45, 7) is 1.54. The number of oxazole rings is 1. The van der Waals surface area contributed by atoms with Gasteiger partial charge in [0.05, 0.1) is 18.7 Å². The third-order valence-corrected chi connectivity index (χ3v) is 3.56. The summed E-state index contributed by atoms with van der Waals surface area (Å²) in [5, 5.41) is 18.1. The molecule has 0 aliphatic carbocycles. The van der Waals surface area contributed by atoms with Gasteiger partial charge in [0.15, 0.2) is 5.89 Å². The van der Waals surface area contributed by atoms with E-state index in [-0.39, 0.29) is 12.3 Å². The number of rotatable bonds is 11. The predicted molar refractivity (Wildman–Crippen MR) is 78.9 cm³/mol. The average molecular weight is 298 g/mol. The van der Waals surface area contributed by atoms with E-state index in [0.29, 0.717) is 0 Å². The van der Waals surface area contributed by atoms with Crippen LogP contribution in [0.2, 0.25) is 0 Å². The molecule has 0 saturated carbocycles. The fourth-order valence-corrected chi connectivity index (χ4v) is 2.10. The van der Waals surface area contributed by atoms with Gasteiger partial charge in [-0.2, -0.15) is 0 Å². The van der Waals surface area contributed by atoms with Crippen LogP contribution in [0.3, 0.4) is 0 Å². The molecule has 0 radical (unpaired) electrons. The zero-order chi connectivity index (χ0) is 15.7. The molecule has 6 heteroatoms. The van der Waals surface area contributed by atoms with Crippen LogP contribution in [0.15, 0.2) is 10.7 Å². The number of nitrogens with two attached hydrogens (primary N) is 1. The lowest BCUT2D eigenvalue weighted by atomic mass is 9.98. The van der Waals surface area contributed by atoms with Crippen LogP contribution in [0.4, 0.5) is 0 Å². The van der Waals surface area contributed by atoms with E-state index in [4.69, 9.17) is 20.4 Å². The van der Waals surface area contributed by atoms with E-state index in [2.05, 4.69) is 11.9 Å². The van der Waals surface area contributed by atoms with Crippen molar-refractivity contribution in [2.45, 2.75) is 63.8 Å². The Bertz CT molecular complexity index is 433. The van der Waals surface area contributed by atoms with Gasteiger partial charge >= 0.3 is 5.97 Å². The van der Waals surface area contributed by atoms with Crippen molar-refractivity contribution in [3.63, 3.8) is 0 Å². The standard InChI is InChI=1S/C15H26N2O4/c1-2-3-4-5-6-7-8-12-10-21-13(17-12)9-15(16,11-18)14(19)20/h10,18H,2-9,11,16H2,1H3,(H,19,20). The van der Waals surface area contributed by atoms with Crippen molar-refractivity contribution in [1.29, 1.82) is 0 Å². The Hall–Kier alpha value is -1.40. The van der Waals surface area contributed by atoms with Gasteiger partial charge in [0, 0.05) is 0 Å². The van der Waals surface area contributed by atoms with Gasteiger partial charge in [-0.05, 0) is 12.8 Å². The van der Waals surface area contributed by atoms with Gasteiger partial charge < -0.3 is 20.4 Å². The lowest BCUT2D eigenvalue weighted by molar-refractivity contribution is -0.145. The number of aliphatic carboxylic acids is 1. The zero-order valence-electron chi connectivity index (χ0n) is 12.7. The van der Waals surface area contributed by atoms with Crippen LogP contribution >= 0.6 is 0 Å².